The van der Waals surface area contributed by atoms with Gasteiger partial charge in [-0.25, -0.2) is 9.97 Å². The van der Waals surface area contributed by atoms with Crippen molar-refractivity contribution in [1.82, 2.24) is 20.2 Å². The number of hydrogen-bond acceptors (Lipinski definition) is 5. The molecule has 6 nitrogen and oxygen atoms in total. The standard InChI is InChI=1S/C23H30ClN5O/c1-15(12-16-4-3-5-18(24)13-16)23(30)29-10-7-17(8-11-29)21-27-20-14-26-9-6-19(20)22(25-2)28-21/h3-5,13,15,17,26H,6-12,14H2,1-2H3,(H,25,27,28)/t15-/m1/s1. The molecule has 2 aromatic rings. The van der Waals surface area contributed by atoms with Gasteiger partial charge >= 0.3 is 0 Å². The van der Waals surface area contributed by atoms with Gasteiger partial charge in [0.05, 0.1) is 5.69 Å². The van der Waals surface area contributed by atoms with Crippen molar-refractivity contribution in [2.24, 2.45) is 5.92 Å². The van der Waals surface area contributed by atoms with E-state index in [0.29, 0.717) is 17.4 Å². The van der Waals surface area contributed by atoms with Crippen LogP contribution < -0.4 is 10.6 Å². The highest BCUT2D eigenvalue weighted by Gasteiger charge is 2.29. The van der Waals surface area contributed by atoms with Gasteiger partial charge in [-0.15, -0.1) is 0 Å². The van der Waals surface area contributed by atoms with Gasteiger partial charge in [0, 0.05) is 49.1 Å². The van der Waals surface area contributed by atoms with Crippen molar-refractivity contribution >= 4 is 23.3 Å². The number of hydrogen-bond donors (Lipinski definition) is 2. The predicted molar refractivity (Wildman–Crippen MR) is 120 cm³/mol. The second-order valence-electron chi connectivity index (χ2n) is 8.37. The Bertz CT molecular complexity index is 893. The molecule has 0 bridgehead atoms. The predicted octanol–water partition coefficient (Wildman–Crippen LogP) is 3.40. The minimum absolute atomic E-state index is 0.0537. The molecule has 2 N–H and O–H groups in total. The maximum atomic E-state index is 13.0. The first-order valence-corrected chi connectivity index (χ1v) is 11.2. The number of carbonyl (C=O) groups is 1. The Kier molecular flexibility index (Phi) is 6.54. The Hall–Kier alpha value is -2.18. The first-order chi connectivity index (χ1) is 14.5. The van der Waals surface area contributed by atoms with Crippen LogP contribution in [-0.4, -0.2) is 47.5 Å². The van der Waals surface area contributed by atoms with E-state index in [1.807, 2.05) is 43.1 Å². The molecule has 0 spiro atoms. The molecule has 2 aliphatic heterocycles. The molecule has 1 saturated heterocycles. The molecular formula is C23H30ClN5O. The van der Waals surface area contributed by atoms with Gasteiger partial charge in [-0.1, -0.05) is 30.7 Å². The van der Waals surface area contributed by atoms with Crippen LogP contribution in [0.3, 0.4) is 0 Å². The van der Waals surface area contributed by atoms with Gasteiger partial charge in [0.2, 0.25) is 5.91 Å². The van der Waals surface area contributed by atoms with Gasteiger partial charge in [0.15, 0.2) is 0 Å². The number of nitrogens with zero attached hydrogens (tertiary/aromatic N) is 3. The van der Waals surface area contributed by atoms with Crippen molar-refractivity contribution in [2.75, 3.05) is 32.0 Å². The molecule has 2 aliphatic rings. The van der Waals surface area contributed by atoms with Crippen molar-refractivity contribution < 1.29 is 4.79 Å². The van der Waals surface area contributed by atoms with E-state index < -0.39 is 0 Å². The average Bonchev–Trinajstić information content (AvgIpc) is 2.78. The molecule has 1 aromatic carbocycles. The number of carbonyl (C=O) groups excluding carboxylic acids is 1. The third-order valence-electron chi connectivity index (χ3n) is 6.22. The van der Waals surface area contributed by atoms with Crippen LogP contribution in [0.25, 0.3) is 0 Å². The number of piperidine rings is 1. The quantitative estimate of drug-likeness (QED) is 0.765. The van der Waals surface area contributed by atoms with Crippen LogP contribution in [0.4, 0.5) is 5.82 Å². The summed E-state index contributed by atoms with van der Waals surface area (Å²) in [4.78, 5) is 24.7. The van der Waals surface area contributed by atoms with Gasteiger partial charge in [0.1, 0.15) is 11.6 Å². The Labute approximate surface area is 183 Å². The van der Waals surface area contributed by atoms with Crippen LogP contribution in [0.2, 0.25) is 5.02 Å². The normalized spacial score (nSPS) is 18.0. The highest BCUT2D eigenvalue weighted by atomic mass is 35.5. The van der Waals surface area contributed by atoms with Crippen LogP contribution >= 0.6 is 11.6 Å². The molecule has 7 heteroatoms. The van der Waals surface area contributed by atoms with Crippen LogP contribution in [0.15, 0.2) is 24.3 Å². The van der Waals surface area contributed by atoms with Crippen LogP contribution in [0.1, 0.15) is 48.3 Å². The zero-order valence-electron chi connectivity index (χ0n) is 17.7. The summed E-state index contributed by atoms with van der Waals surface area (Å²) < 4.78 is 0. The Morgan fingerprint density at radius 1 is 1.33 bits per heavy atom. The minimum Gasteiger partial charge on any atom is -0.373 e. The lowest BCUT2D eigenvalue weighted by Gasteiger charge is -2.33. The maximum absolute atomic E-state index is 13.0. The van der Waals surface area contributed by atoms with Crippen molar-refractivity contribution in [2.45, 2.75) is 45.1 Å². The lowest BCUT2D eigenvalue weighted by atomic mass is 9.93. The topological polar surface area (TPSA) is 70.2 Å². The lowest BCUT2D eigenvalue weighted by Crippen LogP contribution is -2.41. The van der Waals surface area contributed by atoms with E-state index in [2.05, 4.69) is 10.6 Å². The molecule has 3 heterocycles. The fourth-order valence-electron chi connectivity index (χ4n) is 4.54. The average molecular weight is 428 g/mol. The molecular weight excluding hydrogens is 398 g/mol. The third-order valence-corrected chi connectivity index (χ3v) is 6.45. The Balaban J connectivity index is 1.38. The fraction of sp³-hybridized carbons (Fsp3) is 0.522. The number of amides is 1. The summed E-state index contributed by atoms with van der Waals surface area (Å²) in [7, 11) is 1.93. The maximum Gasteiger partial charge on any atom is 0.225 e. The molecule has 1 amide bonds. The summed E-state index contributed by atoms with van der Waals surface area (Å²) in [5.74, 6) is 2.35. The smallest absolute Gasteiger partial charge is 0.225 e. The number of likely N-dealkylation sites (tertiary alicyclic amines) is 1. The molecule has 1 aromatic heterocycles. The summed E-state index contributed by atoms with van der Waals surface area (Å²) in [5, 5.41) is 7.37. The largest absolute Gasteiger partial charge is 0.373 e. The highest BCUT2D eigenvalue weighted by molar-refractivity contribution is 6.30. The molecule has 0 saturated carbocycles. The third kappa shape index (κ3) is 4.60. The molecule has 1 fully saturated rings. The summed E-state index contributed by atoms with van der Waals surface area (Å²) in [6.07, 6.45) is 3.49. The van der Waals surface area contributed by atoms with Crippen LogP contribution in [0, 0.1) is 5.92 Å². The van der Waals surface area contributed by atoms with E-state index in [1.54, 1.807) is 0 Å². The summed E-state index contributed by atoms with van der Waals surface area (Å²) >= 11 is 6.08. The van der Waals surface area contributed by atoms with Gasteiger partial charge in [-0.05, 0) is 49.9 Å². The Morgan fingerprint density at radius 3 is 2.87 bits per heavy atom. The number of nitrogens with one attached hydrogen (secondary N) is 2. The van der Waals surface area contributed by atoms with E-state index >= 15 is 0 Å². The number of anilines is 1. The lowest BCUT2D eigenvalue weighted by molar-refractivity contribution is -0.136. The van der Waals surface area contributed by atoms with Crippen molar-refractivity contribution in [3.63, 3.8) is 0 Å². The van der Waals surface area contributed by atoms with Gasteiger partial charge < -0.3 is 15.5 Å². The first-order valence-electron chi connectivity index (χ1n) is 10.9. The van der Waals surface area contributed by atoms with E-state index in [0.717, 1.165) is 68.3 Å². The highest BCUT2D eigenvalue weighted by Crippen LogP contribution is 2.30. The number of benzene rings is 1. The molecule has 0 unspecified atom stereocenters. The second-order valence-corrected chi connectivity index (χ2v) is 8.80. The van der Waals surface area contributed by atoms with Crippen LogP contribution in [-0.2, 0) is 24.2 Å². The second kappa shape index (κ2) is 9.31. The van der Waals surface area contributed by atoms with Gasteiger partial charge in [0.25, 0.3) is 0 Å². The molecule has 0 radical (unpaired) electrons. The number of halogens is 1. The van der Waals surface area contributed by atoms with E-state index in [-0.39, 0.29) is 11.8 Å². The monoisotopic (exact) mass is 427 g/mol. The van der Waals surface area contributed by atoms with Crippen LogP contribution in [0.5, 0.6) is 0 Å². The molecule has 160 valence electrons. The summed E-state index contributed by atoms with van der Waals surface area (Å²) in [6.45, 7) is 5.30. The van der Waals surface area contributed by atoms with Crippen molar-refractivity contribution in [3.05, 3.63) is 51.9 Å². The Morgan fingerprint density at radius 2 is 2.13 bits per heavy atom. The minimum atomic E-state index is -0.0537. The number of aromatic nitrogens is 2. The summed E-state index contributed by atoms with van der Waals surface area (Å²) in [5.41, 5.74) is 3.46. The molecule has 4 rings (SSSR count). The van der Waals surface area contributed by atoms with Crippen molar-refractivity contribution in [1.29, 1.82) is 0 Å². The molecule has 1 atom stereocenters. The van der Waals surface area contributed by atoms with Gasteiger partial charge in [-0.2, -0.15) is 0 Å². The van der Waals surface area contributed by atoms with Gasteiger partial charge in [-0.3, -0.25) is 4.79 Å². The first kappa shape index (κ1) is 21.1. The fourth-order valence-corrected chi connectivity index (χ4v) is 4.76. The van der Waals surface area contributed by atoms with Crippen molar-refractivity contribution in [3.8, 4) is 0 Å². The zero-order valence-corrected chi connectivity index (χ0v) is 18.5. The molecule has 0 aliphatic carbocycles. The van der Waals surface area contributed by atoms with E-state index in [1.165, 1.54) is 5.56 Å². The SMILES string of the molecule is CNc1nc(C2CCN(C(=O)[C@H](C)Cc3cccc(Cl)c3)CC2)nc2c1CCNC2. The van der Waals surface area contributed by atoms with E-state index in [9.17, 15) is 4.79 Å². The van der Waals surface area contributed by atoms with E-state index in [4.69, 9.17) is 21.6 Å². The number of rotatable bonds is 5. The molecule has 30 heavy (non-hydrogen) atoms. The zero-order chi connectivity index (χ0) is 21.1. The number of fused-ring (bicyclic) bond motifs is 1. The summed E-state index contributed by atoms with van der Waals surface area (Å²) in [6, 6.07) is 7.78.